The first-order valence-electron chi connectivity index (χ1n) is 7.67. The minimum Gasteiger partial charge on any atom is -0.373 e. The summed E-state index contributed by atoms with van der Waals surface area (Å²) < 4.78 is 0. The number of likely N-dealkylation sites (tertiary alicyclic amines) is 1. The summed E-state index contributed by atoms with van der Waals surface area (Å²) in [7, 11) is 4.11. The summed E-state index contributed by atoms with van der Waals surface area (Å²) >= 11 is 0. The van der Waals surface area contributed by atoms with E-state index in [-0.39, 0.29) is 0 Å². The van der Waals surface area contributed by atoms with E-state index in [0.29, 0.717) is 17.9 Å². The van der Waals surface area contributed by atoms with Gasteiger partial charge in [-0.1, -0.05) is 6.92 Å². The van der Waals surface area contributed by atoms with Crippen LogP contribution >= 0.6 is 0 Å². The Morgan fingerprint density at radius 2 is 1.95 bits per heavy atom. The van der Waals surface area contributed by atoms with Crippen molar-refractivity contribution in [3.8, 4) is 0 Å². The van der Waals surface area contributed by atoms with Gasteiger partial charge in [-0.15, -0.1) is 0 Å². The average molecular weight is 275 g/mol. The van der Waals surface area contributed by atoms with Crippen molar-refractivity contribution in [2.45, 2.75) is 38.1 Å². The Labute approximate surface area is 121 Å². The van der Waals surface area contributed by atoms with E-state index in [2.05, 4.69) is 34.5 Å². The van der Waals surface area contributed by atoms with E-state index in [4.69, 9.17) is 4.98 Å². The zero-order valence-corrected chi connectivity index (χ0v) is 12.7. The SMILES string of the molecule is CNc1cc(NC2CCN(C)CC2C)nc(C2CC2)n1. The number of hydrogen-bond acceptors (Lipinski definition) is 5. The molecule has 2 fully saturated rings. The average Bonchev–Trinajstić information content (AvgIpc) is 3.26. The zero-order chi connectivity index (χ0) is 14.1. The van der Waals surface area contributed by atoms with Gasteiger partial charge in [0.1, 0.15) is 17.5 Å². The second kappa shape index (κ2) is 5.56. The molecule has 5 nitrogen and oxygen atoms in total. The highest BCUT2D eigenvalue weighted by atomic mass is 15.1. The van der Waals surface area contributed by atoms with Crippen LogP contribution in [0.1, 0.15) is 37.9 Å². The lowest BCUT2D eigenvalue weighted by molar-refractivity contribution is 0.206. The Bertz CT molecular complexity index is 471. The van der Waals surface area contributed by atoms with E-state index < -0.39 is 0 Å². The van der Waals surface area contributed by atoms with Crippen molar-refractivity contribution in [1.82, 2.24) is 14.9 Å². The quantitative estimate of drug-likeness (QED) is 0.882. The fourth-order valence-electron chi connectivity index (χ4n) is 2.95. The number of rotatable bonds is 4. The predicted octanol–water partition coefficient (Wildman–Crippen LogP) is 2.15. The number of aromatic nitrogens is 2. The van der Waals surface area contributed by atoms with Crippen LogP contribution in [0.2, 0.25) is 0 Å². The second-order valence-electron chi connectivity index (χ2n) is 6.30. The summed E-state index contributed by atoms with van der Waals surface area (Å²) in [5.41, 5.74) is 0. The summed E-state index contributed by atoms with van der Waals surface area (Å²) in [5.74, 6) is 4.13. The molecule has 0 amide bonds. The first-order chi connectivity index (χ1) is 9.65. The van der Waals surface area contributed by atoms with Crippen molar-refractivity contribution < 1.29 is 0 Å². The Hall–Kier alpha value is -1.36. The van der Waals surface area contributed by atoms with E-state index in [9.17, 15) is 0 Å². The molecule has 2 N–H and O–H groups in total. The van der Waals surface area contributed by atoms with E-state index in [0.717, 1.165) is 30.5 Å². The van der Waals surface area contributed by atoms with Gasteiger partial charge in [0.05, 0.1) is 0 Å². The Balaban J connectivity index is 1.74. The van der Waals surface area contributed by atoms with E-state index in [1.165, 1.54) is 19.3 Å². The molecule has 3 rings (SSSR count). The monoisotopic (exact) mass is 275 g/mol. The molecule has 2 heterocycles. The first-order valence-corrected chi connectivity index (χ1v) is 7.67. The molecule has 0 aromatic carbocycles. The second-order valence-corrected chi connectivity index (χ2v) is 6.30. The molecule has 2 atom stereocenters. The van der Waals surface area contributed by atoms with Crippen molar-refractivity contribution in [3.05, 3.63) is 11.9 Å². The fourth-order valence-corrected chi connectivity index (χ4v) is 2.95. The summed E-state index contributed by atoms with van der Waals surface area (Å²) in [5, 5.41) is 6.78. The highest BCUT2D eigenvalue weighted by Gasteiger charge is 2.28. The molecule has 2 aliphatic rings. The van der Waals surface area contributed by atoms with Crippen molar-refractivity contribution in [2.75, 3.05) is 37.8 Å². The first kappa shape index (κ1) is 13.6. The molecule has 0 bridgehead atoms. The zero-order valence-electron chi connectivity index (χ0n) is 12.7. The molecule has 20 heavy (non-hydrogen) atoms. The van der Waals surface area contributed by atoms with Crippen LogP contribution in [0.25, 0.3) is 0 Å². The summed E-state index contributed by atoms with van der Waals surface area (Å²) in [4.78, 5) is 11.7. The van der Waals surface area contributed by atoms with E-state index in [1.54, 1.807) is 0 Å². The molecule has 1 aliphatic heterocycles. The molecule has 1 aromatic heterocycles. The minimum absolute atomic E-state index is 0.512. The maximum atomic E-state index is 4.72. The van der Waals surface area contributed by atoms with Gasteiger partial charge in [-0.25, -0.2) is 9.97 Å². The third kappa shape index (κ3) is 3.03. The van der Waals surface area contributed by atoms with E-state index >= 15 is 0 Å². The molecular weight excluding hydrogens is 250 g/mol. The molecule has 1 saturated carbocycles. The van der Waals surface area contributed by atoms with Gasteiger partial charge in [0.15, 0.2) is 0 Å². The summed E-state index contributed by atoms with van der Waals surface area (Å²) in [6.07, 6.45) is 3.64. The summed E-state index contributed by atoms with van der Waals surface area (Å²) in [6.45, 7) is 4.62. The highest BCUT2D eigenvalue weighted by Crippen LogP contribution is 2.39. The lowest BCUT2D eigenvalue weighted by atomic mass is 9.94. The molecule has 0 spiro atoms. The van der Waals surface area contributed by atoms with Crippen molar-refractivity contribution in [2.24, 2.45) is 5.92 Å². The predicted molar refractivity (Wildman–Crippen MR) is 82.2 cm³/mol. The van der Waals surface area contributed by atoms with Crippen molar-refractivity contribution >= 4 is 11.6 Å². The van der Waals surface area contributed by atoms with Crippen LogP contribution in [-0.4, -0.2) is 48.1 Å². The molecule has 1 saturated heterocycles. The van der Waals surface area contributed by atoms with E-state index in [1.807, 2.05) is 13.1 Å². The van der Waals surface area contributed by atoms with Gasteiger partial charge in [-0.3, -0.25) is 0 Å². The van der Waals surface area contributed by atoms with Crippen LogP contribution in [0.5, 0.6) is 0 Å². The standard InChI is InChI=1S/C15H25N5/c1-10-9-20(3)7-6-12(10)17-14-8-13(16-2)18-15(19-14)11-4-5-11/h8,10-12H,4-7,9H2,1-3H3,(H2,16,17,18,19). The highest BCUT2D eigenvalue weighted by molar-refractivity contribution is 5.48. The third-order valence-corrected chi connectivity index (χ3v) is 4.38. The lowest BCUT2D eigenvalue weighted by Crippen LogP contribution is -2.43. The molecule has 0 radical (unpaired) electrons. The van der Waals surface area contributed by atoms with Gasteiger partial charge < -0.3 is 15.5 Å². The Kier molecular flexibility index (Phi) is 3.78. The van der Waals surface area contributed by atoms with Crippen molar-refractivity contribution in [3.63, 3.8) is 0 Å². The van der Waals surface area contributed by atoms with Gasteiger partial charge in [0, 0.05) is 31.6 Å². The number of piperidine rings is 1. The van der Waals surface area contributed by atoms with Crippen LogP contribution in [0.3, 0.4) is 0 Å². The molecule has 2 unspecified atom stereocenters. The Morgan fingerprint density at radius 3 is 2.60 bits per heavy atom. The number of anilines is 2. The maximum Gasteiger partial charge on any atom is 0.136 e. The van der Waals surface area contributed by atoms with Crippen LogP contribution in [-0.2, 0) is 0 Å². The smallest absolute Gasteiger partial charge is 0.136 e. The fraction of sp³-hybridized carbons (Fsp3) is 0.733. The molecule has 1 aliphatic carbocycles. The summed E-state index contributed by atoms with van der Waals surface area (Å²) in [6, 6.07) is 2.54. The van der Waals surface area contributed by atoms with Crippen LogP contribution < -0.4 is 10.6 Å². The number of nitrogens with one attached hydrogen (secondary N) is 2. The maximum absolute atomic E-state index is 4.72. The van der Waals surface area contributed by atoms with Gasteiger partial charge in [-0.2, -0.15) is 0 Å². The minimum atomic E-state index is 0.512. The van der Waals surface area contributed by atoms with Gasteiger partial charge in [-0.05, 0) is 38.8 Å². The van der Waals surface area contributed by atoms with Gasteiger partial charge in [0.2, 0.25) is 0 Å². The van der Waals surface area contributed by atoms with Crippen molar-refractivity contribution in [1.29, 1.82) is 0 Å². The molecule has 5 heteroatoms. The normalized spacial score (nSPS) is 27.4. The van der Waals surface area contributed by atoms with Gasteiger partial charge in [0.25, 0.3) is 0 Å². The Morgan fingerprint density at radius 1 is 1.20 bits per heavy atom. The van der Waals surface area contributed by atoms with Crippen LogP contribution in [0.4, 0.5) is 11.6 Å². The molecule has 1 aromatic rings. The van der Waals surface area contributed by atoms with Crippen LogP contribution in [0, 0.1) is 5.92 Å². The molecular formula is C15H25N5. The van der Waals surface area contributed by atoms with Crippen LogP contribution in [0.15, 0.2) is 6.07 Å². The lowest BCUT2D eigenvalue weighted by Gasteiger charge is -2.35. The van der Waals surface area contributed by atoms with Gasteiger partial charge >= 0.3 is 0 Å². The molecule has 110 valence electrons. The topological polar surface area (TPSA) is 53.1 Å². The largest absolute Gasteiger partial charge is 0.373 e. The number of nitrogens with zero attached hydrogens (tertiary/aromatic N) is 3. The third-order valence-electron chi connectivity index (χ3n) is 4.38. The number of hydrogen-bond donors (Lipinski definition) is 2.